The van der Waals surface area contributed by atoms with E-state index in [0.29, 0.717) is 12.3 Å². The number of hydrogen-bond acceptors (Lipinski definition) is 5. The van der Waals surface area contributed by atoms with Crippen molar-refractivity contribution in [3.63, 3.8) is 0 Å². The van der Waals surface area contributed by atoms with E-state index in [1.54, 1.807) is 23.0 Å². The molecule has 7 nitrogen and oxygen atoms in total. The average Bonchev–Trinajstić information content (AvgIpc) is 3.26. The van der Waals surface area contributed by atoms with Crippen LogP contribution in [0.3, 0.4) is 0 Å². The van der Waals surface area contributed by atoms with Gasteiger partial charge in [0.05, 0.1) is 5.69 Å². The van der Waals surface area contributed by atoms with E-state index >= 15 is 0 Å². The summed E-state index contributed by atoms with van der Waals surface area (Å²) in [5.74, 6) is -0.0852. The number of aryl methyl sites for hydroxylation is 1. The number of ether oxygens (including phenoxy) is 1. The summed E-state index contributed by atoms with van der Waals surface area (Å²) in [4.78, 5) is 17.4. The molecule has 0 unspecified atom stereocenters. The maximum absolute atomic E-state index is 13.5. The maximum atomic E-state index is 13.5. The number of aromatic nitrogens is 2. The number of halogens is 1. The van der Waals surface area contributed by atoms with Crippen molar-refractivity contribution < 1.29 is 13.9 Å². The first kappa shape index (κ1) is 22.9. The summed E-state index contributed by atoms with van der Waals surface area (Å²) in [5, 5.41) is 7.12. The zero-order valence-electron chi connectivity index (χ0n) is 19.1. The summed E-state index contributed by atoms with van der Waals surface area (Å²) in [7, 11) is 1.87. The van der Waals surface area contributed by atoms with E-state index in [0.717, 1.165) is 56.3 Å². The Morgan fingerprint density at radius 3 is 2.58 bits per heavy atom. The number of nitrogens with one attached hydrogen (secondary N) is 1. The molecule has 1 aliphatic heterocycles. The minimum Gasteiger partial charge on any atom is -0.492 e. The van der Waals surface area contributed by atoms with Gasteiger partial charge in [0.25, 0.3) is 5.91 Å². The molecule has 1 amide bonds. The zero-order chi connectivity index (χ0) is 23.2. The van der Waals surface area contributed by atoms with Gasteiger partial charge in [0.15, 0.2) is 0 Å². The third kappa shape index (κ3) is 5.77. The molecule has 1 fully saturated rings. The number of hydrogen-bond donors (Lipinski definition) is 1. The molecule has 3 aromatic rings. The Morgan fingerprint density at radius 2 is 1.88 bits per heavy atom. The predicted molar refractivity (Wildman–Crippen MR) is 127 cm³/mol. The fourth-order valence-electron chi connectivity index (χ4n) is 4.02. The fourth-order valence-corrected chi connectivity index (χ4v) is 4.02. The second kappa shape index (κ2) is 10.6. The lowest BCUT2D eigenvalue weighted by molar-refractivity contribution is 0.102. The highest BCUT2D eigenvalue weighted by Crippen LogP contribution is 2.32. The second-order valence-corrected chi connectivity index (χ2v) is 8.14. The fraction of sp³-hybridized carbons (Fsp3) is 0.360. The number of likely N-dealkylation sites (N-methyl/N-ethyl adjacent to an activating group) is 1. The van der Waals surface area contributed by atoms with E-state index in [9.17, 15) is 9.18 Å². The van der Waals surface area contributed by atoms with Gasteiger partial charge in [-0.25, -0.2) is 4.39 Å². The first-order valence-electron chi connectivity index (χ1n) is 11.3. The number of rotatable bonds is 8. The zero-order valence-corrected chi connectivity index (χ0v) is 19.1. The number of carbonyl (C=O) groups is 1. The van der Waals surface area contributed by atoms with Gasteiger partial charge in [0.1, 0.15) is 18.2 Å². The van der Waals surface area contributed by atoms with Gasteiger partial charge in [0.2, 0.25) is 0 Å². The first-order valence-corrected chi connectivity index (χ1v) is 11.3. The second-order valence-electron chi connectivity index (χ2n) is 8.14. The molecule has 0 bridgehead atoms. The molecule has 1 aromatic heterocycles. The number of carbonyl (C=O) groups excluding carboxylic acids is 1. The molecule has 1 saturated heterocycles. The van der Waals surface area contributed by atoms with Crippen molar-refractivity contribution in [2.75, 3.05) is 51.2 Å². The lowest BCUT2D eigenvalue weighted by Crippen LogP contribution is -2.47. The van der Waals surface area contributed by atoms with Crippen molar-refractivity contribution in [3.05, 3.63) is 66.1 Å². The van der Waals surface area contributed by atoms with Gasteiger partial charge in [-0.05, 0) is 49.0 Å². The number of amides is 1. The van der Waals surface area contributed by atoms with E-state index in [4.69, 9.17) is 4.74 Å². The van der Waals surface area contributed by atoms with Crippen LogP contribution in [0.15, 0.2) is 54.7 Å². The molecular weight excluding hydrogens is 421 g/mol. The lowest BCUT2D eigenvalue weighted by atomic mass is 10.1. The van der Waals surface area contributed by atoms with E-state index in [2.05, 4.69) is 27.1 Å². The smallest absolute Gasteiger partial charge is 0.255 e. The lowest BCUT2D eigenvalue weighted by Gasteiger charge is -2.33. The molecule has 0 spiro atoms. The molecule has 0 aliphatic carbocycles. The van der Waals surface area contributed by atoms with Crippen LogP contribution >= 0.6 is 0 Å². The van der Waals surface area contributed by atoms with Gasteiger partial charge in [-0.3, -0.25) is 14.4 Å². The van der Waals surface area contributed by atoms with Gasteiger partial charge >= 0.3 is 0 Å². The van der Waals surface area contributed by atoms with Crippen LogP contribution in [-0.4, -0.2) is 71.4 Å². The third-order valence-corrected chi connectivity index (χ3v) is 6.00. The van der Waals surface area contributed by atoms with Crippen molar-refractivity contribution >= 4 is 11.6 Å². The monoisotopic (exact) mass is 451 g/mol. The minimum atomic E-state index is -0.446. The molecule has 174 valence electrons. The average molecular weight is 452 g/mol. The molecule has 2 heterocycles. The van der Waals surface area contributed by atoms with Crippen LogP contribution in [-0.2, 0) is 7.05 Å². The third-order valence-electron chi connectivity index (χ3n) is 6.00. The molecular formula is C25H30FN5O2. The van der Waals surface area contributed by atoms with Gasteiger partial charge in [0, 0.05) is 62.8 Å². The number of benzene rings is 2. The summed E-state index contributed by atoms with van der Waals surface area (Å²) >= 11 is 0. The Labute approximate surface area is 193 Å². The highest BCUT2D eigenvalue weighted by atomic mass is 19.1. The van der Waals surface area contributed by atoms with Gasteiger partial charge in [-0.15, -0.1) is 0 Å². The van der Waals surface area contributed by atoms with Crippen LogP contribution < -0.4 is 10.1 Å². The molecule has 1 N–H and O–H groups in total. The Balaban J connectivity index is 1.46. The Hall–Kier alpha value is -3.23. The van der Waals surface area contributed by atoms with Crippen LogP contribution in [0, 0.1) is 5.82 Å². The van der Waals surface area contributed by atoms with Crippen LogP contribution in [0.1, 0.15) is 17.3 Å². The van der Waals surface area contributed by atoms with Crippen LogP contribution in [0.2, 0.25) is 0 Å². The maximum Gasteiger partial charge on any atom is 0.255 e. The first-order chi connectivity index (χ1) is 16.0. The summed E-state index contributed by atoms with van der Waals surface area (Å²) in [6, 6.07) is 13.1. The summed E-state index contributed by atoms with van der Waals surface area (Å²) in [6.45, 7) is 9.02. The van der Waals surface area contributed by atoms with Crippen molar-refractivity contribution in [1.82, 2.24) is 19.6 Å². The molecule has 33 heavy (non-hydrogen) atoms. The van der Waals surface area contributed by atoms with Gasteiger partial charge < -0.3 is 15.0 Å². The number of anilines is 1. The van der Waals surface area contributed by atoms with Gasteiger partial charge in [-0.2, -0.15) is 5.10 Å². The highest BCUT2D eigenvalue weighted by Gasteiger charge is 2.17. The Morgan fingerprint density at radius 1 is 1.09 bits per heavy atom. The standard InChI is InChI=1S/C25H30FN5O2/c1-3-30-11-13-31(14-12-30)15-16-33-24-8-7-21(18-22(24)23-9-10-27-29(23)2)28-25(32)19-5-4-6-20(26)17-19/h4-10,17-18H,3,11-16H2,1-2H3,(H,28,32). The summed E-state index contributed by atoms with van der Waals surface area (Å²) in [6.07, 6.45) is 1.73. The van der Waals surface area contributed by atoms with Crippen molar-refractivity contribution in [3.8, 4) is 17.0 Å². The van der Waals surface area contributed by atoms with Crippen LogP contribution in [0.5, 0.6) is 5.75 Å². The SMILES string of the molecule is CCN1CCN(CCOc2ccc(NC(=O)c3cccc(F)c3)cc2-c2ccnn2C)CC1. The van der Waals surface area contributed by atoms with E-state index in [1.165, 1.54) is 18.2 Å². The summed E-state index contributed by atoms with van der Waals surface area (Å²) < 4.78 is 21.4. The van der Waals surface area contributed by atoms with Crippen molar-refractivity contribution in [2.45, 2.75) is 6.92 Å². The summed E-state index contributed by atoms with van der Waals surface area (Å²) in [5.41, 5.74) is 2.58. The molecule has 0 radical (unpaired) electrons. The Kier molecular flexibility index (Phi) is 7.36. The van der Waals surface area contributed by atoms with Crippen LogP contribution in [0.4, 0.5) is 10.1 Å². The van der Waals surface area contributed by atoms with Crippen LogP contribution in [0.25, 0.3) is 11.3 Å². The minimum absolute atomic E-state index is 0.264. The van der Waals surface area contributed by atoms with Crippen molar-refractivity contribution in [1.29, 1.82) is 0 Å². The Bertz CT molecular complexity index is 1090. The molecule has 1 aliphatic rings. The largest absolute Gasteiger partial charge is 0.492 e. The molecule has 2 aromatic carbocycles. The van der Waals surface area contributed by atoms with Crippen molar-refractivity contribution in [2.24, 2.45) is 7.05 Å². The topological polar surface area (TPSA) is 62.6 Å². The van der Waals surface area contributed by atoms with E-state index in [-0.39, 0.29) is 11.5 Å². The molecule has 0 atom stereocenters. The highest BCUT2D eigenvalue weighted by molar-refractivity contribution is 6.04. The molecule has 0 saturated carbocycles. The quantitative estimate of drug-likeness (QED) is 0.568. The van der Waals surface area contributed by atoms with E-state index < -0.39 is 5.82 Å². The predicted octanol–water partition coefficient (Wildman–Crippen LogP) is 3.49. The molecule has 8 heteroatoms. The molecule has 4 rings (SSSR count). The van der Waals surface area contributed by atoms with Gasteiger partial charge in [-0.1, -0.05) is 13.0 Å². The normalized spacial score (nSPS) is 14.9. The number of nitrogens with zero attached hydrogens (tertiary/aromatic N) is 4. The van der Waals surface area contributed by atoms with E-state index in [1.807, 2.05) is 25.2 Å². The number of piperazine rings is 1.